The lowest BCUT2D eigenvalue weighted by Gasteiger charge is -2.07. The zero-order valence-corrected chi connectivity index (χ0v) is 9.02. The quantitative estimate of drug-likeness (QED) is 0.732. The van der Waals surface area contributed by atoms with Crippen LogP contribution in [0.15, 0.2) is 55.1 Å². The first-order chi connectivity index (χ1) is 7.79. The average Bonchev–Trinajstić information content (AvgIpc) is 2.33. The molecule has 0 amide bonds. The summed E-state index contributed by atoms with van der Waals surface area (Å²) in [5.41, 5.74) is 1.95. The normalized spacial score (nSPS) is 9.81. The van der Waals surface area contributed by atoms with Crippen molar-refractivity contribution in [3.8, 4) is 11.5 Å². The Balaban J connectivity index is 2.26. The molecule has 0 N–H and O–H groups in total. The zero-order chi connectivity index (χ0) is 11.4. The van der Waals surface area contributed by atoms with E-state index in [0.717, 1.165) is 22.6 Å². The van der Waals surface area contributed by atoms with Crippen LogP contribution in [0.1, 0.15) is 11.1 Å². The molecule has 0 aromatic heterocycles. The molecule has 0 fully saturated rings. The minimum absolute atomic E-state index is 0.800. The van der Waals surface area contributed by atoms with Crippen molar-refractivity contribution >= 4 is 6.08 Å². The van der Waals surface area contributed by atoms with Crippen LogP contribution < -0.4 is 4.74 Å². The van der Waals surface area contributed by atoms with E-state index in [4.69, 9.17) is 4.74 Å². The third-order valence-corrected chi connectivity index (χ3v) is 2.32. The topological polar surface area (TPSA) is 9.23 Å². The third-order valence-electron chi connectivity index (χ3n) is 2.32. The summed E-state index contributed by atoms with van der Waals surface area (Å²) in [7, 11) is 0. The van der Waals surface area contributed by atoms with E-state index in [0.29, 0.717) is 0 Å². The Kier molecular flexibility index (Phi) is 3.06. The van der Waals surface area contributed by atoms with Crippen LogP contribution in [0, 0.1) is 6.92 Å². The molecule has 0 aliphatic carbocycles. The molecule has 16 heavy (non-hydrogen) atoms. The van der Waals surface area contributed by atoms with Crippen LogP contribution in [0.25, 0.3) is 6.08 Å². The fourth-order valence-corrected chi connectivity index (χ4v) is 1.45. The van der Waals surface area contributed by atoms with E-state index >= 15 is 0 Å². The maximum atomic E-state index is 5.70. The standard InChI is InChI=1S/C15H13O/c1-3-13-11-15(10-9-12(13)2)16-14-7-5-4-6-8-14/h3-11H,1-2H2. The smallest absolute Gasteiger partial charge is 0.128 e. The highest BCUT2D eigenvalue weighted by Crippen LogP contribution is 2.23. The molecule has 1 nitrogen and oxygen atoms in total. The van der Waals surface area contributed by atoms with Gasteiger partial charge in [0.2, 0.25) is 0 Å². The Morgan fingerprint density at radius 3 is 2.38 bits per heavy atom. The summed E-state index contributed by atoms with van der Waals surface area (Å²) in [5.74, 6) is 1.63. The minimum atomic E-state index is 0.800. The van der Waals surface area contributed by atoms with Gasteiger partial charge < -0.3 is 4.74 Å². The number of hydrogen-bond donors (Lipinski definition) is 0. The average molecular weight is 209 g/mol. The molecule has 0 aliphatic heterocycles. The number of para-hydroxylation sites is 1. The largest absolute Gasteiger partial charge is 0.457 e. The van der Waals surface area contributed by atoms with Gasteiger partial charge in [-0.2, -0.15) is 0 Å². The first-order valence-corrected chi connectivity index (χ1v) is 5.11. The van der Waals surface area contributed by atoms with Crippen molar-refractivity contribution in [1.82, 2.24) is 0 Å². The van der Waals surface area contributed by atoms with Crippen LogP contribution in [0.2, 0.25) is 0 Å². The highest BCUT2D eigenvalue weighted by atomic mass is 16.5. The molecule has 0 heterocycles. The summed E-state index contributed by atoms with van der Waals surface area (Å²) < 4.78 is 5.70. The summed E-state index contributed by atoms with van der Waals surface area (Å²) in [4.78, 5) is 0. The van der Waals surface area contributed by atoms with Gasteiger partial charge >= 0.3 is 0 Å². The first-order valence-electron chi connectivity index (χ1n) is 5.11. The van der Waals surface area contributed by atoms with Crippen LogP contribution in [0.5, 0.6) is 11.5 Å². The first kappa shape index (κ1) is 10.5. The molecule has 0 bridgehead atoms. The van der Waals surface area contributed by atoms with Gasteiger partial charge in [-0.15, -0.1) is 0 Å². The van der Waals surface area contributed by atoms with Crippen molar-refractivity contribution in [3.63, 3.8) is 0 Å². The predicted molar refractivity (Wildman–Crippen MR) is 67.5 cm³/mol. The van der Waals surface area contributed by atoms with Crippen LogP contribution in [0.4, 0.5) is 0 Å². The molecule has 79 valence electrons. The van der Waals surface area contributed by atoms with Crippen molar-refractivity contribution in [2.75, 3.05) is 0 Å². The molecule has 2 aromatic rings. The van der Waals surface area contributed by atoms with Crippen molar-refractivity contribution in [2.24, 2.45) is 0 Å². The van der Waals surface area contributed by atoms with E-state index in [9.17, 15) is 0 Å². The van der Waals surface area contributed by atoms with E-state index in [1.165, 1.54) is 0 Å². The molecule has 0 atom stereocenters. The van der Waals surface area contributed by atoms with Gasteiger partial charge in [0.15, 0.2) is 0 Å². The maximum absolute atomic E-state index is 5.70. The second-order valence-corrected chi connectivity index (χ2v) is 3.48. The van der Waals surface area contributed by atoms with E-state index in [-0.39, 0.29) is 0 Å². The van der Waals surface area contributed by atoms with Gasteiger partial charge in [-0.05, 0) is 42.3 Å². The second kappa shape index (κ2) is 4.67. The Morgan fingerprint density at radius 2 is 1.69 bits per heavy atom. The summed E-state index contributed by atoms with van der Waals surface area (Å²) in [6.45, 7) is 7.66. The highest BCUT2D eigenvalue weighted by Gasteiger charge is 1.99. The summed E-state index contributed by atoms with van der Waals surface area (Å²) >= 11 is 0. The molecule has 2 rings (SSSR count). The molecule has 1 heteroatoms. The SMILES string of the molecule is [CH2]c1ccc(Oc2ccccc2)cc1C=C. The Labute approximate surface area is 96.0 Å². The number of rotatable bonds is 3. The third kappa shape index (κ3) is 2.31. The molecule has 0 unspecified atom stereocenters. The number of ether oxygens (including phenoxy) is 1. The van der Waals surface area contributed by atoms with Crippen LogP contribution >= 0.6 is 0 Å². The van der Waals surface area contributed by atoms with E-state index in [1.54, 1.807) is 6.08 Å². The molecule has 0 saturated heterocycles. The van der Waals surface area contributed by atoms with E-state index < -0.39 is 0 Å². The van der Waals surface area contributed by atoms with Gasteiger partial charge in [-0.25, -0.2) is 0 Å². The number of hydrogen-bond acceptors (Lipinski definition) is 1. The van der Waals surface area contributed by atoms with Gasteiger partial charge in [0.05, 0.1) is 0 Å². The summed E-state index contributed by atoms with van der Waals surface area (Å²) in [6, 6.07) is 15.5. The van der Waals surface area contributed by atoms with Crippen LogP contribution in [-0.2, 0) is 0 Å². The van der Waals surface area contributed by atoms with Gasteiger partial charge in [0.1, 0.15) is 11.5 Å². The van der Waals surface area contributed by atoms with Gasteiger partial charge in [0.25, 0.3) is 0 Å². The summed E-state index contributed by atoms with van der Waals surface area (Å²) in [6.07, 6.45) is 1.78. The second-order valence-electron chi connectivity index (χ2n) is 3.48. The van der Waals surface area contributed by atoms with Crippen LogP contribution in [0.3, 0.4) is 0 Å². The molecule has 0 spiro atoms. The van der Waals surface area contributed by atoms with Crippen molar-refractivity contribution in [2.45, 2.75) is 0 Å². The Hall–Kier alpha value is -2.02. The fourth-order valence-electron chi connectivity index (χ4n) is 1.45. The lowest BCUT2D eigenvalue weighted by atomic mass is 10.1. The molecule has 1 radical (unpaired) electrons. The van der Waals surface area contributed by atoms with Crippen molar-refractivity contribution < 1.29 is 4.74 Å². The molecular formula is C15H13O. The van der Waals surface area contributed by atoms with Gasteiger partial charge in [-0.3, -0.25) is 0 Å². The summed E-state index contributed by atoms with van der Waals surface area (Å²) in [5, 5.41) is 0. The Bertz CT molecular complexity index is 486. The van der Waals surface area contributed by atoms with Crippen molar-refractivity contribution in [3.05, 3.63) is 73.2 Å². The lowest BCUT2D eigenvalue weighted by molar-refractivity contribution is 0.482. The molecular weight excluding hydrogens is 196 g/mol. The molecule has 2 aromatic carbocycles. The Morgan fingerprint density at radius 1 is 0.938 bits per heavy atom. The van der Waals surface area contributed by atoms with Crippen molar-refractivity contribution in [1.29, 1.82) is 0 Å². The molecule has 0 saturated carbocycles. The van der Waals surface area contributed by atoms with E-state index in [1.807, 2.05) is 48.5 Å². The highest BCUT2D eigenvalue weighted by molar-refractivity contribution is 5.56. The minimum Gasteiger partial charge on any atom is -0.457 e. The maximum Gasteiger partial charge on any atom is 0.128 e. The number of benzene rings is 2. The zero-order valence-electron chi connectivity index (χ0n) is 9.02. The molecule has 0 aliphatic rings. The van der Waals surface area contributed by atoms with Gasteiger partial charge in [0, 0.05) is 0 Å². The monoisotopic (exact) mass is 209 g/mol. The fraction of sp³-hybridized carbons (Fsp3) is 0. The van der Waals surface area contributed by atoms with Gasteiger partial charge in [-0.1, -0.05) is 36.9 Å². The predicted octanol–water partition coefficient (Wildman–Crippen LogP) is 4.30. The lowest BCUT2D eigenvalue weighted by Crippen LogP contribution is -1.86. The van der Waals surface area contributed by atoms with E-state index in [2.05, 4.69) is 13.5 Å². The van der Waals surface area contributed by atoms with Crippen LogP contribution in [-0.4, -0.2) is 0 Å².